The van der Waals surface area contributed by atoms with Crippen molar-refractivity contribution in [2.24, 2.45) is 11.8 Å². The molecule has 0 spiro atoms. The van der Waals surface area contributed by atoms with E-state index in [1.54, 1.807) is 12.1 Å². The maximum atomic E-state index is 11.1. The lowest BCUT2D eigenvalue weighted by Gasteiger charge is -2.41. The van der Waals surface area contributed by atoms with Crippen molar-refractivity contribution in [3.05, 3.63) is 58.2 Å². The molecule has 0 unspecified atom stereocenters. The van der Waals surface area contributed by atoms with E-state index in [4.69, 9.17) is 0 Å². The summed E-state index contributed by atoms with van der Waals surface area (Å²) in [6, 6.07) is 5.73. The molecule has 4 atom stereocenters. The van der Waals surface area contributed by atoms with Gasteiger partial charge in [-0.15, -0.1) is 0 Å². The van der Waals surface area contributed by atoms with E-state index in [9.17, 15) is 10.1 Å². The van der Waals surface area contributed by atoms with E-state index < -0.39 is 0 Å². The second kappa shape index (κ2) is 5.27. The number of allylic oxidation sites excluding steroid dienone is 4. The summed E-state index contributed by atoms with van der Waals surface area (Å²) >= 11 is 0. The highest BCUT2D eigenvalue weighted by Crippen LogP contribution is 2.48. The van der Waals surface area contributed by atoms with Crippen molar-refractivity contribution >= 4 is 11.4 Å². The monoisotopic (exact) mass is 296 g/mol. The van der Waals surface area contributed by atoms with E-state index in [0.717, 1.165) is 24.1 Å². The van der Waals surface area contributed by atoms with E-state index in [0.29, 0.717) is 23.8 Å². The molecule has 4 heteroatoms. The van der Waals surface area contributed by atoms with Crippen LogP contribution in [0.4, 0.5) is 11.4 Å². The van der Waals surface area contributed by atoms with Crippen LogP contribution in [0.3, 0.4) is 0 Å². The number of hydrogen-bond acceptors (Lipinski definition) is 3. The SMILES string of the molecule is O=[N+]([O-])c1ccc2c(c1)[C@H]1C=CC[C@@H]1[C@@H]([C@@H]1CC=CCC1)N2. The molecule has 3 aliphatic rings. The molecule has 1 N–H and O–H groups in total. The fourth-order valence-corrected chi connectivity index (χ4v) is 4.34. The number of nitro groups is 1. The highest BCUT2D eigenvalue weighted by Gasteiger charge is 2.40. The lowest BCUT2D eigenvalue weighted by Crippen LogP contribution is -2.41. The maximum absolute atomic E-state index is 11.1. The average Bonchev–Trinajstić information content (AvgIpc) is 3.04. The molecular weight excluding hydrogens is 276 g/mol. The smallest absolute Gasteiger partial charge is 0.269 e. The lowest BCUT2D eigenvalue weighted by atomic mass is 9.72. The molecule has 1 aromatic rings. The first-order valence-corrected chi connectivity index (χ1v) is 8.10. The number of anilines is 1. The van der Waals surface area contributed by atoms with Crippen LogP contribution < -0.4 is 5.32 Å². The molecule has 0 saturated carbocycles. The Morgan fingerprint density at radius 3 is 2.86 bits per heavy atom. The van der Waals surface area contributed by atoms with E-state index in [-0.39, 0.29) is 10.6 Å². The van der Waals surface area contributed by atoms with Gasteiger partial charge >= 0.3 is 0 Å². The van der Waals surface area contributed by atoms with Crippen LogP contribution >= 0.6 is 0 Å². The minimum atomic E-state index is -0.300. The third kappa shape index (κ3) is 2.14. The molecule has 0 bridgehead atoms. The molecule has 0 fully saturated rings. The fraction of sp³-hybridized carbons (Fsp3) is 0.444. The Bertz CT molecular complexity index is 665. The second-order valence-corrected chi connectivity index (χ2v) is 6.60. The first kappa shape index (κ1) is 13.6. The van der Waals surface area contributed by atoms with Crippen molar-refractivity contribution in [3.63, 3.8) is 0 Å². The minimum Gasteiger partial charge on any atom is -0.381 e. The van der Waals surface area contributed by atoms with Gasteiger partial charge in [0.25, 0.3) is 5.69 Å². The molecule has 1 aromatic carbocycles. The number of non-ortho nitro benzene ring substituents is 1. The Morgan fingerprint density at radius 1 is 1.18 bits per heavy atom. The maximum Gasteiger partial charge on any atom is 0.269 e. The van der Waals surface area contributed by atoms with Gasteiger partial charge in [0.1, 0.15) is 0 Å². The summed E-state index contributed by atoms with van der Waals surface area (Å²) in [7, 11) is 0. The zero-order valence-corrected chi connectivity index (χ0v) is 12.4. The van der Waals surface area contributed by atoms with Gasteiger partial charge in [-0.05, 0) is 49.1 Å². The third-order valence-electron chi connectivity index (χ3n) is 5.42. The van der Waals surface area contributed by atoms with Gasteiger partial charge < -0.3 is 5.32 Å². The van der Waals surface area contributed by atoms with Crippen LogP contribution in [-0.4, -0.2) is 11.0 Å². The predicted octanol–water partition coefficient (Wildman–Crippen LogP) is 4.40. The van der Waals surface area contributed by atoms with Gasteiger partial charge in [-0.1, -0.05) is 24.3 Å². The van der Waals surface area contributed by atoms with Crippen LogP contribution in [-0.2, 0) is 0 Å². The lowest BCUT2D eigenvalue weighted by molar-refractivity contribution is -0.384. The average molecular weight is 296 g/mol. The number of nitrogens with one attached hydrogen (secondary N) is 1. The standard InChI is InChI=1S/C18H20N2O2/c21-20(22)13-9-10-17-16(11-13)14-7-4-8-15(14)18(19-17)12-5-2-1-3-6-12/h1-2,4,7,9-12,14-15,18-19H,3,5-6,8H2/t12-,14+,15+,18-/m1/s1. The Kier molecular flexibility index (Phi) is 3.25. The van der Waals surface area contributed by atoms with Crippen molar-refractivity contribution in [3.8, 4) is 0 Å². The fourth-order valence-electron chi connectivity index (χ4n) is 4.34. The molecule has 4 nitrogen and oxygen atoms in total. The molecule has 1 heterocycles. The van der Waals surface area contributed by atoms with Gasteiger partial charge in [-0.3, -0.25) is 10.1 Å². The molecule has 114 valence electrons. The summed E-state index contributed by atoms with van der Waals surface area (Å²) in [6.45, 7) is 0. The number of fused-ring (bicyclic) bond motifs is 3. The first-order valence-electron chi connectivity index (χ1n) is 8.10. The third-order valence-corrected chi connectivity index (χ3v) is 5.42. The van der Waals surface area contributed by atoms with Crippen LogP contribution in [0.2, 0.25) is 0 Å². The summed E-state index contributed by atoms with van der Waals surface area (Å²) in [5.74, 6) is 1.53. The van der Waals surface area contributed by atoms with Crippen LogP contribution in [0, 0.1) is 22.0 Å². The Morgan fingerprint density at radius 2 is 2.09 bits per heavy atom. The highest BCUT2D eigenvalue weighted by molar-refractivity contribution is 5.62. The number of nitrogens with zero attached hydrogens (tertiary/aromatic N) is 1. The normalized spacial score (nSPS) is 32.2. The van der Waals surface area contributed by atoms with Gasteiger partial charge in [-0.25, -0.2) is 0 Å². The van der Waals surface area contributed by atoms with Gasteiger partial charge in [0.15, 0.2) is 0 Å². The zero-order chi connectivity index (χ0) is 15.1. The molecule has 0 amide bonds. The summed E-state index contributed by atoms with van der Waals surface area (Å²) in [5.41, 5.74) is 2.37. The topological polar surface area (TPSA) is 55.2 Å². The summed E-state index contributed by atoms with van der Waals surface area (Å²) < 4.78 is 0. The molecule has 1 aliphatic heterocycles. The van der Waals surface area contributed by atoms with Crippen molar-refractivity contribution in [1.29, 1.82) is 0 Å². The van der Waals surface area contributed by atoms with Crippen molar-refractivity contribution in [2.75, 3.05) is 5.32 Å². The van der Waals surface area contributed by atoms with E-state index in [2.05, 4.69) is 29.6 Å². The number of rotatable bonds is 2. The molecule has 0 saturated heterocycles. The zero-order valence-electron chi connectivity index (χ0n) is 12.4. The second-order valence-electron chi connectivity index (χ2n) is 6.60. The largest absolute Gasteiger partial charge is 0.381 e. The number of benzene rings is 1. The molecule has 2 aliphatic carbocycles. The van der Waals surface area contributed by atoms with E-state index in [1.807, 2.05) is 6.07 Å². The quantitative estimate of drug-likeness (QED) is 0.500. The Balaban J connectivity index is 1.70. The Labute approximate surface area is 130 Å². The van der Waals surface area contributed by atoms with Crippen molar-refractivity contribution in [1.82, 2.24) is 0 Å². The summed E-state index contributed by atoms with van der Waals surface area (Å²) in [4.78, 5) is 10.8. The van der Waals surface area contributed by atoms with Crippen LogP contribution in [0.5, 0.6) is 0 Å². The van der Waals surface area contributed by atoms with Crippen molar-refractivity contribution in [2.45, 2.75) is 37.6 Å². The first-order chi connectivity index (χ1) is 10.7. The molecule has 22 heavy (non-hydrogen) atoms. The highest BCUT2D eigenvalue weighted by atomic mass is 16.6. The predicted molar refractivity (Wildman–Crippen MR) is 87.0 cm³/mol. The Hall–Kier alpha value is -2.10. The van der Waals surface area contributed by atoms with Crippen molar-refractivity contribution < 1.29 is 4.92 Å². The van der Waals surface area contributed by atoms with Gasteiger partial charge in [0, 0.05) is 29.8 Å². The van der Waals surface area contributed by atoms with Gasteiger partial charge in [0.05, 0.1) is 4.92 Å². The molecule has 4 rings (SSSR count). The molecule has 0 aromatic heterocycles. The molecule has 0 radical (unpaired) electrons. The van der Waals surface area contributed by atoms with E-state index in [1.165, 1.54) is 12.8 Å². The summed E-state index contributed by atoms with van der Waals surface area (Å²) in [5, 5.41) is 14.8. The van der Waals surface area contributed by atoms with Gasteiger partial charge in [0.2, 0.25) is 0 Å². The van der Waals surface area contributed by atoms with Crippen LogP contribution in [0.1, 0.15) is 37.2 Å². The van der Waals surface area contributed by atoms with E-state index >= 15 is 0 Å². The van der Waals surface area contributed by atoms with Crippen LogP contribution in [0.15, 0.2) is 42.5 Å². The number of nitro benzene ring substituents is 1. The number of hydrogen-bond donors (Lipinski definition) is 1. The minimum absolute atomic E-state index is 0.193. The van der Waals surface area contributed by atoms with Crippen LogP contribution in [0.25, 0.3) is 0 Å². The molecular formula is C18H20N2O2. The van der Waals surface area contributed by atoms with Gasteiger partial charge in [-0.2, -0.15) is 0 Å². The summed E-state index contributed by atoms with van der Waals surface area (Å²) in [6.07, 6.45) is 13.7.